The van der Waals surface area contributed by atoms with Gasteiger partial charge in [-0.25, -0.2) is 4.79 Å². The molecule has 5 aliphatic rings. The Morgan fingerprint density at radius 3 is 1.96 bits per heavy atom. The second kappa shape index (κ2) is 14.5. The van der Waals surface area contributed by atoms with Crippen LogP contribution in [0.2, 0.25) is 0 Å². The topological polar surface area (TPSA) is 200 Å². The van der Waals surface area contributed by atoms with Crippen molar-refractivity contribution >= 4 is 35.5 Å². The Balaban J connectivity index is 1.38. The molecule has 13 heteroatoms. The number of aliphatic carboxylic acids is 1. The highest BCUT2D eigenvalue weighted by molar-refractivity contribution is 6.37. The fraction of sp³-hybridized carbons (Fsp3) is 0.846. The van der Waals surface area contributed by atoms with Crippen molar-refractivity contribution in [1.29, 1.82) is 0 Å². The lowest BCUT2D eigenvalue weighted by molar-refractivity contribution is -0.143. The molecule has 5 atom stereocenters. The summed E-state index contributed by atoms with van der Waals surface area (Å²) in [5, 5.41) is 21.7. The van der Waals surface area contributed by atoms with Gasteiger partial charge in [0.1, 0.15) is 17.6 Å². The number of carbonyl (C=O) groups excluding carboxylic acids is 5. The van der Waals surface area contributed by atoms with Gasteiger partial charge in [0.2, 0.25) is 17.6 Å². The third kappa shape index (κ3) is 7.31. The molecule has 5 rings (SSSR count). The smallest absolute Gasteiger partial charge is 0.323 e. The number of carboxylic acid groups (broad SMARTS) is 1. The molecular formula is C39H64N6O7. The van der Waals surface area contributed by atoms with Gasteiger partial charge in [-0.3, -0.25) is 24.0 Å². The van der Waals surface area contributed by atoms with Gasteiger partial charge < -0.3 is 37.0 Å². The largest absolute Gasteiger partial charge is 0.480 e. The van der Waals surface area contributed by atoms with E-state index in [4.69, 9.17) is 5.73 Å². The van der Waals surface area contributed by atoms with E-state index in [1.807, 2.05) is 20.8 Å². The SMILES string of the molecule is CC(C)(NC[C@@H](NC(=O)N[C@H](C(=O)N1C[C@]2(C[C@H]1C(=O)NC(CC1CCC1)C(=O)C(N)=O)C(C)(C)C21CCC1)C(C)(C)C)C1CCCCC1)C(=O)O. The van der Waals surface area contributed by atoms with Gasteiger partial charge in [0.05, 0.1) is 6.04 Å². The number of amides is 5. The summed E-state index contributed by atoms with van der Waals surface area (Å²) in [5.74, 6) is -3.37. The Morgan fingerprint density at radius 2 is 1.48 bits per heavy atom. The number of primary amides is 1. The molecule has 52 heavy (non-hydrogen) atoms. The lowest BCUT2D eigenvalue weighted by atomic mass is 9.73. The van der Waals surface area contributed by atoms with E-state index in [2.05, 4.69) is 35.1 Å². The molecule has 1 saturated heterocycles. The molecule has 0 aromatic carbocycles. The molecule has 1 unspecified atom stereocenters. The first-order valence-corrected chi connectivity index (χ1v) is 19.7. The van der Waals surface area contributed by atoms with Gasteiger partial charge in [-0.15, -0.1) is 0 Å². The number of urea groups is 1. The molecule has 4 saturated carbocycles. The lowest BCUT2D eigenvalue weighted by Crippen LogP contribution is -2.62. The van der Waals surface area contributed by atoms with Crippen LogP contribution in [0.5, 0.6) is 0 Å². The van der Waals surface area contributed by atoms with E-state index >= 15 is 0 Å². The molecule has 0 aromatic heterocycles. The quantitative estimate of drug-likeness (QED) is 0.146. The Hall–Kier alpha value is -3.22. The van der Waals surface area contributed by atoms with Crippen LogP contribution in [0.1, 0.15) is 132 Å². The minimum atomic E-state index is -1.19. The number of hydrogen-bond acceptors (Lipinski definition) is 7. The van der Waals surface area contributed by atoms with Crippen molar-refractivity contribution in [1.82, 2.24) is 26.2 Å². The van der Waals surface area contributed by atoms with Crippen molar-refractivity contribution in [2.45, 2.75) is 162 Å². The molecule has 7 N–H and O–H groups in total. The highest BCUT2D eigenvalue weighted by Crippen LogP contribution is 2.88. The molecule has 1 heterocycles. The van der Waals surface area contributed by atoms with Gasteiger partial charge in [-0.1, -0.05) is 79.6 Å². The number of carboxylic acids is 1. The van der Waals surface area contributed by atoms with Crippen molar-refractivity contribution in [2.75, 3.05) is 13.1 Å². The van der Waals surface area contributed by atoms with Gasteiger partial charge in [0.25, 0.3) is 5.91 Å². The second-order valence-corrected chi connectivity index (χ2v) is 18.9. The summed E-state index contributed by atoms with van der Waals surface area (Å²) in [5.41, 5.74) is 3.12. The fourth-order valence-corrected chi connectivity index (χ4v) is 10.3. The minimum absolute atomic E-state index is 0.0217. The molecule has 0 aromatic rings. The van der Waals surface area contributed by atoms with Crippen LogP contribution in [-0.4, -0.2) is 88.3 Å². The molecule has 0 bridgehead atoms. The first-order chi connectivity index (χ1) is 24.2. The van der Waals surface area contributed by atoms with Crippen molar-refractivity contribution < 1.29 is 33.9 Å². The summed E-state index contributed by atoms with van der Waals surface area (Å²) < 4.78 is 0. The second-order valence-electron chi connectivity index (χ2n) is 18.9. The summed E-state index contributed by atoms with van der Waals surface area (Å²) in [4.78, 5) is 81.4. The van der Waals surface area contributed by atoms with Crippen molar-refractivity contribution in [2.24, 2.45) is 39.2 Å². The predicted molar refractivity (Wildman–Crippen MR) is 196 cm³/mol. The Kier molecular flexibility index (Phi) is 11.2. The summed E-state index contributed by atoms with van der Waals surface area (Å²) in [6.45, 7) is 13.9. The summed E-state index contributed by atoms with van der Waals surface area (Å²) in [7, 11) is 0. The van der Waals surface area contributed by atoms with Gasteiger partial charge >= 0.3 is 12.0 Å². The van der Waals surface area contributed by atoms with Gasteiger partial charge in [0, 0.05) is 24.5 Å². The Labute approximate surface area is 309 Å². The van der Waals surface area contributed by atoms with Crippen LogP contribution in [-0.2, 0) is 24.0 Å². The van der Waals surface area contributed by atoms with Crippen molar-refractivity contribution in [3.63, 3.8) is 0 Å². The van der Waals surface area contributed by atoms with Crippen LogP contribution >= 0.6 is 0 Å². The number of nitrogens with one attached hydrogen (secondary N) is 4. The summed E-state index contributed by atoms with van der Waals surface area (Å²) in [6, 6.07) is -3.81. The predicted octanol–water partition coefficient (Wildman–Crippen LogP) is 3.63. The van der Waals surface area contributed by atoms with E-state index in [0.717, 1.165) is 70.6 Å². The maximum absolute atomic E-state index is 14.9. The number of hydrogen-bond donors (Lipinski definition) is 6. The van der Waals surface area contributed by atoms with Crippen LogP contribution in [0.15, 0.2) is 0 Å². The maximum atomic E-state index is 14.9. The van der Waals surface area contributed by atoms with Crippen molar-refractivity contribution in [3.05, 3.63) is 0 Å². The number of carbonyl (C=O) groups is 6. The molecule has 1 aliphatic heterocycles. The molecule has 2 spiro atoms. The van der Waals surface area contributed by atoms with Crippen LogP contribution in [0.4, 0.5) is 4.79 Å². The molecule has 5 amide bonds. The number of fused-ring (bicyclic) bond motifs is 1. The van der Waals surface area contributed by atoms with Gasteiger partial charge in [-0.2, -0.15) is 0 Å². The van der Waals surface area contributed by atoms with E-state index in [1.54, 1.807) is 18.7 Å². The summed E-state index contributed by atoms with van der Waals surface area (Å²) >= 11 is 0. The van der Waals surface area contributed by atoms with E-state index in [9.17, 15) is 33.9 Å². The minimum Gasteiger partial charge on any atom is -0.480 e. The zero-order valence-electron chi connectivity index (χ0n) is 32.5. The number of nitrogens with two attached hydrogens (primary N) is 1. The molecule has 0 radical (unpaired) electrons. The van der Waals surface area contributed by atoms with Crippen LogP contribution in [0, 0.1) is 33.5 Å². The van der Waals surface area contributed by atoms with Crippen molar-refractivity contribution in [3.8, 4) is 0 Å². The molecule has 4 aliphatic carbocycles. The van der Waals surface area contributed by atoms with Gasteiger partial charge in [-0.05, 0) is 80.5 Å². The number of likely N-dealkylation sites (tertiary alicyclic amines) is 1. The first-order valence-electron chi connectivity index (χ1n) is 19.7. The average molecular weight is 729 g/mol. The number of nitrogens with zero attached hydrogens (tertiary/aromatic N) is 1. The zero-order valence-corrected chi connectivity index (χ0v) is 32.5. The van der Waals surface area contributed by atoms with E-state index in [-0.39, 0.29) is 46.6 Å². The lowest BCUT2D eigenvalue weighted by Gasteiger charge is -2.37. The normalized spacial score (nSPS) is 27.1. The van der Waals surface area contributed by atoms with Crippen LogP contribution in [0.3, 0.4) is 0 Å². The maximum Gasteiger partial charge on any atom is 0.323 e. The third-order valence-electron chi connectivity index (χ3n) is 14.3. The monoisotopic (exact) mass is 728 g/mol. The molecule has 292 valence electrons. The zero-order chi connectivity index (χ0) is 38.4. The van der Waals surface area contributed by atoms with Crippen LogP contribution in [0.25, 0.3) is 0 Å². The average Bonchev–Trinajstić information content (AvgIpc) is 3.24. The fourth-order valence-electron chi connectivity index (χ4n) is 10.3. The summed E-state index contributed by atoms with van der Waals surface area (Å²) in [6.07, 6.45) is 11.8. The highest BCUT2D eigenvalue weighted by atomic mass is 16.4. The molecule has 13 nitrogen and oxygen atoms in total. The molecular weight excluding hydrogens is 664 g/mol. The van der Waals surface area contributed by atoms with Gasteiger partial charge in [0.15, 0.2) is 0 Å². The Bertz CT molecular complexity index is 1420. The number of Topliss-reactive ketones (excluding diaryl/α,β-unsaturated/α-hetero) is 1. The number of rotatable bonds is 14. The highest BCUT2D eigenvalue weighted by Gasteiger charge is 2.85. The standard InChI is InChI=1S/C39H64N6O7/c1-35(2,3)29(44-34(52)43-26(24-15-9-8-10-16-24)21-41-36(4,5)33(50)51)32(49)45-22-39(37(6,7)38(39)17-12-18-38)20-27(45)31(48)42-25(28(46)30(40)47)19-23-13-11-14-23/h23-27,29,41H,8-22H2,1-7H3,(H2,40,47)(H,42,48)(H,50,51)(H2,43,44,52)/t25?,26-,27+,29-,39-/m1/s1. The van der Waals surface area contributed by atoms with E-state index in [1.165, 1.54) is 0 Å². The first kappa shape index (κ1) is 40.0. The third-order valence-corrected chi connectivity index (χ3v) is 14.3. The van der Waals surface area contributed by atoms with Crippen LogP contribution < -0.4 is 27.0 Å². The van der Waals surface area contributed by atoms with E-state index < -0.39 is 58.7 Å². The number of ketones is 1. The Morgan fingerprint density at radius 1 is 0.846 bits per heavy atom. The van der Waals surface area contributed by atoms with E-state index in [0.29, 0.717) is 19.4 Å². The molecule has 5 fully saturated rings.